The molecule has 0 aromatic rings. The summed E-state index contributed by atoms with van der Waals surface area (Å²) in [5, 5.41) is 0. The van der Waals surface area contributed by atoms with Gasteiger partial charge in [-0.1, -0.05) is 6.92 Å². The van der Waals surface area contributed by atoms with Gasteiger partial charge in [0.2, 0.25) is 0 Å². The van der Waals surface area contributed by atoms with Gasteiger partial charge < -0.3 is 0 Å². The van der Waals surface area contributed by atoms with E-state index < -0.39 is 32.6 Å². The molecule has 0 fully saturated rings. The van der Waals surface area contributed by atoms with E-state index in [1.54, 1.807) is 0 Å². The Morgan fingerprint density at radius 3 is 2.08 bits per heavy atom. The topological polar surface area (TPSA) is 97.7 Å². The van der Waals surface area contributed by atoms with Gasteiger partial charge in [0.05, 0.1) is 12.4 Å². The second-order valence-corrected chi connectivity index (χ2v) is 5.55. The summed E-state index contributed by atoms with van der Waals surface area (Å²) in [6, 6.07) is 0. The van der Waals surface area contributed by atoms with Gasteiger partial charge >= 0.3 is 10.4 Å². The summed E-state index contributed by atoms with van der Waals surface area (Å²) in [6.07, 6.45) is 0. The van der Waals surface area contributed by atoms with Crippen molar-refractivity contribution in [1.29, 1.82) is 0 Å². The van der Waals surface area contributed by atoms with Crippen LogP contribution in [0.5, 0.6) is 0 Å². The Balaban J connectivity index is 3.89. The van der Waals surface area contributed by atoms with Gasteiger partial charge in [-0.2, -0.15) is 8.42 Å². The van der Waals surface area contributed by atoms with Crippen LogP contribution < -0.4 is 0 Å². The summed E-state index contributed by atoms with van der Waals surface area (Å²) >= 11 is 0. The van der Waals surface area contributed by atoms with Crippen LogP contribution in [0.3, 0.4) is 0 Å². The Kier molecular flexibility index (Phi) is 4.11. The van der Waals surface area contributed by atoms with E-state index >= 15 is 0 Å². The number of hydrogen-bond acceptors (Lipinski definition) is 5. The lowest BCUT2D eigenvalue weighted by molar-refractivity contribution is 0.284. The molecule has 0 aromatic heterocycles. The fourth-order valence-corrected chi connectivity index (χ4v) is 1.44. The summed E-state index contributed by atoms with van der Waals surface area (Å²) < 4.78 is 53.2. The first-order valence-corrected chi connectivity index (χ1v) is 6.28. The monoisotopic (exact) mass is 218 g/mol. The largest absolute Gasteiger partial charge is 0.397 e. The molecule has 0 aliphatic rings. The van der Waals surface area contributed by atoms with Gasteiger partial charge in [-0.15, -0.1) is 0 Å². The summed E-state index contributed by atoms with van der Waals surface area (Å²) in [7, 11) is -7.76. The maximum absolute atomic E-state index is 10.7. The molecule has 1 N–H and O–H groups in total. The summed E-state index contributed by atoms with van der Waals surface area (Å²) in [6.45, 7) is 0.887. The van der Waals surface area contributed by atoms with Crippen LogP contribution in [0, 0.1) is 0 Å². The van der Waals surface area contributed by atoms with Crippen molar-refractivity contribution in [1.82, 2.24) is 0 Å². The second kappa shape index (κ2) is 4.17. The van der Waals surface area contributed by atoms with Crippen LogP contribution in [0.25, 0.3) is 0 Å². The maximum Gasteiger partial charge on any atom is 0.397 e. The van der Waals surface area contributed by atoms with Crippen molar-refractivity contribution in [3.8, 4) is 0 Å². The number of rotatable bonds is 5. The molecule has 12 heavy (non-hydrogen) atoms. The standard InChI is InChI=1S/C4H10O6S2/c1-2-11(5,6)4-3-10-12(7,8)9/h2-4H2,1H3,(H,7,8,9). The molecule has 0 radical (unpaired) electrons. The molecule has 74 valence electrons. The second-order valence-electron chi connectivity index (χ2n) is 1.99. The zero-order valence-corrected chi connectivity index (χ0v) is 8.06. The van der Waals surface area contributed by atoms with Crippen molar-refractivity contribution in [2.45, 2.75) is 6.92 Å². The molecule has 0 saturated heterocycles. The van der Waals surface area contributed by atoms with E-state index in [-0.39, 0.29) is 5.75 Å². The predicted molar refractivity (Wildman–Crippen MR) is 41.8 cm³/mol. The summed E-state index contributed by atoms with van der Waals surface area (Å²) in [5.74, 6) is -0.495. The molecule has 8 heteroatoms. The lowest BCUT2D eigenvalue weighted by Gasteiger charge is -1.99. The smallest absolute Gasteiger partial charge is 0.264 e. The third kappa shape index (κ3) is 6.53. The van der Waals surface area contributed by atoms with Crippen LogP contribution in [0.1, 0.15) is 6.92 Å². The minimum absolute atomic E-state index is 0.0815. The average Bonchev–Trinajstić information content (AvgIpc) is 1.84. The molecule has 0 aliphatic heterocycles. The van der Waals surface area contributed by atoms with Crippen molar-refractivity contribution in [2.75, 3.05) is 18.1 Å². The average molecular weight is 218 g/mol. The number of hydrogen-bond donors (Lipinski definition) is 1. The zero-order valence-electron chi connectivity index (χ0n) is 6.43. The molecule has 0 atom stereocenters. The van der Waals surface area contributed by atoms with E-state index in [9.17, 15) is 16.8 Å². The lowest BCUT2D eigenvalue weighted by Crippen LogP contribution is -2.16. The fraction of sp³-hybridized carbons (Fsp3) is 1.00. The molecule has 0 aromatic carbocycles. The molecular weight excluding hydrogens is 208 g/mol. The fourth-order valence-electron chi connectivity index (χ4n) is 0.411. The van der Waals surface area contributed by atoms with Crippen molar-refractivity contribution in [3.63, 3.8) is 0 Å². The highest BCUT2D eigenvalue weighted by Gasteiger charge is 2.10. The van der Waals surface area contributed by atoms with Gasteiger partial charge in [-0.3, -0.25) is 4.55 Å². The summed E-state index contributed by atoms with van der Waals surface area (Å²) in [4.78, 5) is 0. The third-order valence-corrected chi connectivity index (χ3v) is 3.20. The van der Waals surface area contributed by atoms with Crippen LogP contribution in [-0.4, -0.2) is 39.5 Å². The summed E-state index contributed by atoms with van der Waals surface area (Å²) in [5.41, 5.74) is 0. The van der Waals surface area contributed by atoms with E-state index in [1.807, 2.05) is 0 Å². The van der Waals surface area contributed by atoms with Crippen LogP contribution in [0.4, 0.5) is 0 Å². The van der Waals surface area contributed by atoms with E-state index in [0.29, 0.717) is 0 Å². The van der Waals surface area contributed by atoms with Crippen LogP contribution >= 0.6 is 0 Å². The highest BCUT2D eigenvalue weighted by atomic mass is 32.3. The SMILES string of the molecule is CCS(=O)(=O)CCOS(=O)(=O)O. The Labute approximate surface area is 71.4 Å². The quantitative estimate of drug-likeness (QED) is 0.609. The molecule has 0 amide bonds. The van der Waals surface area contributed by atoms with Gasteiger partial charge in [-0.25, -0.2) is 12.6 Å². The molecule has 0 aliphatic carbocycles. The van der Waals surface area contributed by atoms with E-state index in [2.05, 4.69) is 4.18 Å². The Hall–Kier alpha value is -0.180. The molecule has 0 spiro atoms. The molecule has 0 unspecified atom stereocenters. The first kappa shape index (κ1) is 11.8. The normalized spacial score (nSPS) is 13.2. The molecule has 6 nitrogen and oxygen atoms in total. The minimum atomic E-state index is -4.52. The van der Waals surface area contributed by atoms with Gasteiger partial charge in [0.25, 0.3) is 0 Å². The first-order chi connectivity index (χ1) is 5.27. The predicted octanol–water partition coefficient (Wildman–Crippen LogP) is -0.759. The van der Waals surface area contributed by atoms with Gasteiger partial charge in [-0.05, 0) is 0 Å². The van der Waals surface area contributed by atoms with Crippen LogP contribution in [-0.2, 0) is 24.4 Å². The molecule has 0 saturated carbocycles. The van der Waals surface area contributed by atoms with E-state index in [1.165, 1.54) is 6.92 Å². The number of sulfone groups is 1. The van der Waals surface area contributed by atoms with Crippen molar-refractivity contribution in [3.05, 3.63) is 0 Å². The van der Waals surface area contributed by atoms with Crippen molar-refractivity contribution in [2.24, 2.45) is 0 Å². The van der Waals surface area contributed by atoms with Gasteiger partial charge in [0.1, 0.15) is 0 Å². The van der Waals surface area contributed by atoms with Crippen molar-refractivity contribution < 1.29 is 25.6 Å². The Bertz CT molecular complexity index is 311. The minimum Gasteiger partial charge on any atom is -0.264 e. The van der Waals surface area contributed by atoms with Gasteiger partial charge in [0.15, 0.2) is 9.84 Å². The van der Waals surface area contributed by atoms with Gasteiger partial charge in [0, 0.05) is 5.75 Å². The Morgan fingerprint density at radius 2 is 1.75 bits per heavy atom. The molecule has 0 heterocycles. The highest BCUT2D eigenvalue weighted by Crippen LogP contribution is 1.92. The molecule has 0 bridgehead atoms. The molecular formula is C4H10O6S2. The van der Waals surface area contributed by atoms with E-state index in [4.69, 9.17) is 4.55 Å². The third-order valence-electron chi connectivity index (χ3n) is 1.07. The zero-order chi connectivity index (χ0) is 9.83. The molecule has 0 rings (SSSR count). The van der Waals surface area contributed by atoms with E-state index in [0.717, 1.165) is 0 Å². The highest BCUT2D eigenvalue weighted by molar-refractivity contribution is 7.91. The van der Waals surface area contributed by atoms with Crippen molar-refractivity contribution >= 4 is 20.2 Å². The Morgan fingerprint density at radius 1 is 1.25 bits per heavy atom. The van der Waals surface area contributed by atoms with Crippen LogP contribution in [0.2, 0.25) is 0 Å². The first-order valence-electron chi connectivity index (χ1n) is 3.09. The lowest BCUT2D eigenvalue weighted by atomic mass is 10.9. The van der Waals surface area contributed by atoms with Crippen LogP contribution in [0.15, 0.2) is 0 Å². The maximum atomic E-state index is 10.7.